The van der Waals surface area contributed by atoms with Crippen LogP contribution in [-0.2, 0) is 11.3 Å². The van der Waals surface area contributed by atoms with Gasteiger partial charge < -0.3 is 10.6 Å². The molecule has 0 bridgehead atoms. The second kappa shape index (κ2) is 5.03. The van der Waals surface area contributed by atoms with Gasteiger partial charge in [0.05, 0.1) is 12.0 Å². The maximum Gasteiger partial charge on any atom is 0.229 e. The number of nitrogens with one attached hydrogen (secondary N) is 2. The summed E-state index contributed by atoms with van der Waals surface area (Å²) >= 11 is 0. The highest BCUT2D eigenvalue weighted by molar-refractivity contribution is 5.85. The Morgan fingerprint density at radius 1 is 1.59 bits per heavy atom. The van der Waals surface area contributed by atoms with E-state index in [0.717, 1.165) is 12.1 Å². The number of fused-ring (bicyclic) bond motifs is 1. The lowest BCUT2D eigenvalue weighted by molar-refractivity contribution is -0.122. The Morgan fingerprint density at radius 3 is 3.12 bits per heavy atom. The predicted octanol–water partition coefficient (Wildman–Crippen LogP) is 1.01. The van der Waals surface area contributed by atoms with Crippen molar-refractivity contribution in [3.05, 3.63) is 35.4 Å². The van der Waals surface area contributed by atoms with Gasteiger partial charge in [0.2, 0.25) is 5.91 Å². The Bertz CT molecular complexity index is 462. The van der Waals surface area contributed by atoms with Crippen molar-refractivity contribution in [3.8, 4) is 12.3 Å². The third-order valence-electron chi connectivity index (χ3n) is 3.02. The molecule has 0 aromatic heterocycles. The van der Waals surface area contributed by atoms with E-state index in [-0.39, 0.29) is 17.9 Å². The fraction of sp³-hybridized carbons (Fsp3) is 0.357. The van der Waals surface area contributed by atoms with Crippen molar-refractivity contribution in [1.82, 2.24) is 10.6 Å². The zero-order valence-corrected chi connectivity index (χ0v) is 9.86. The first-order chi connectivity index (χ1) is 8.22. The number of rotatable bonds is 2. The van der Waals surface area contributed by atoms with E-state index in [2.05, 4.69) is 16.6 Å². The predicted molar refractivity (Wildman–Crippen MR) is 67.3 cm³/mol. The first kappa shape index (κ1) is 11.7. The van der Waals surface area contributed by atoms with Crippen molar-refractivity contribution in [2.24, 2.45) is 0 Å². The van der Waals surface area contributed by atoms with Crippen LogP contribution in [0.2, 0.25) is 0 Å². The van der Waals surface area contributed by atoms with Gasteiger partial charge in [-0.3, -0.25) is 4.79 Å². The molecular weight excluding hydrogens is 212 g/mol. The molecular formula is C14H16N2O. The maximum absolute atomic E-state index is 12.1. The van der Waals surface area contributed by atoms with Crippen molar-refractivity contribution in [3.63, 3.8) is 0 Å². The van der Waals surface area contributed by atoms with Crippen molar-refractivity contribution in [1.29, 1.82) is 0 Å². The van der Waals surface area contributed by atoms with Crippen molar-refractivity contribution in [2.45, 2.75) is 25.4 Å². The summed E-state index contributed by atoms with van der Waals surface area (Å²) in [6.45, 7) is 3.30. The van der Waals surface area contributed by atoms with E-state index in [0.29, 0.717) is 6.54 Å². The van der Waals surface area contributed by atoms with Crippen LogP contribution in [0, 0.1) is 12.3 Å². The first-order valence-electron chi connectivity index (χ1n) is 5.77. The van der Waals surface area contributed by atoms with E-state index >= 15 is 0 Å². The summed E-state index contributed by atoms with van der Waals surface area (Å²) in [7, 11) is 0. The molecule has 0 fully saturated rings. The summed E-state index contributed by atoms with van der Waals surface area (Å²) in [4.78, 5) is 12.1. The zero-order chi connectivity index (χ0) is 12.3. The third kappa shape index (κ3) is 2.48. The van der Waals surface area contributed by atoms with E-state index < -0.39 is 0 Å². The Labute approximate surface area is 102 Å². The van der Waals surface area contributed by atoms with Crippen LogP contribution in [0.1, 0.15) is 24.0 Å². The molecule has 2 unspecified atom stereocenters. The monoisotopic (exact) mass is 228 g/mol. The van der Waals surface area contributed by atoms with Crippen LogP contribution in [0.25, 0.3) is 0 Å². The lowest BCUT2D eigenvalue weighted by atomic mass is 9.90. The highest BCUT2D eigenvalue weighted by Gasteiger charge is 2.26. The second-order valence-corrected chi connectivity index (χ2v) is 4.28. The minimum absolute atomic E-state index is 0.00454. The molecule has 1 heterocycles. The van der Waals surface area contributed by atoms with E-state index in [1.54, 1.807) is 6.92 Å². The molecule has 1 aromatic carbocycles. The molecule has 0 saturated carbocycles. The summed E-state index contributed by atoms with van der Waals surface area (Å²) in [5.74, 6) is 2.36. The molecule has 2 atom stereocenters. The minimum Gasteiger partial charge on any atom is -0.342 e. The van der Waals surface area contributed by atoms with Gasteiger partial charge in [0.25, 0.3) is 0 Å². The van der Waals surface area contributed by atoms with E-state index in [4.69, 9.17) is 6.42 Å². The molecule has 3 nitrogen and oxygen atoms in total. The van der Waals surface area contributed by atoms with Crippen LogP contribution in [0.3, 0.4) is 0 Å². The van der Waals surface area contributed by atoms with Crippen LogP contribution in [-0.4, -0.2) is 18.5 Å². The largest absolute Gasteiger partial charge is 0.342 e. The fourth-order valence-corrected chi connectivity index (χ4v) is 2.09. The fourth-order valence-electron chi connectivity index (χ4n) is 2.09. The summed E-state index contributed by atoms with van der Waals surface area (Å²) in [5.41, 5.74) is 2.29. The molecule has 2 N–H and O–H groups in total. The van der Waals surface area contributed by atoms with E-state index in [1.807, 2.05) is 24.3 Å². The van der Waals surface area contributed by atoms with Crippen molar-refractivity contribution < 1.29 is 4.79 Å². The summed E-state index contributed by atoms with van der Waals surface area (Å²) < 4.78 is 0. The third-order valence-corrected chi connectivity index (χ3v) is 3.02. The highest BCUT2D eigenvalue weighted by Crippen LogP contribution is 2.23. The van der Waals surface area contributed by atoms with Crippen molar-refractivity contribution in [2.75, 3.05) is 6.54 Å². The average Bonchev–Trinajstić information content (AvgIpc) is 2.37. The Hall–Kier alpha value is -1.79. The Balaban J connectivity index is 2.19. The van der Waals surface area contributed by atoms with Gasteiger partial charge in [-0.05, 0) is 18.1 Å². The molecule has 1 aromatic rings. The summed E-state index contributed by atoms with van der Waals surface area (Å²) in [6, 6.07) is 7.80. The molecule has 1 aliphatic heterocycles. The van der Waals surface area contributed by atoms with E-state index in [9.17, 15) is 4.79 Å². The number of carbonyl (C=O) groups excluding carboxylic acids is 1. The lowest BCUT2D eigenvalue weighted by Gasteiger charge is -2.26. The quantitative estimate of drug-likeness (QED) is 0.742. The number of benzene rings is 1. The van der Waals surface area contributed by atoms with Gasteiger partial charge in [0.1, 0.15) is 0 Å². The van der Waals surface area contributed by atoms with Gasteiger partial charge in [-0.25, -0.2) is 0 Å². The molecule has 17 heavy (non-hydrogen) atoms. The maximum atomic E-state index is 12.1. The van der Waals surface area contributed by atoms with Gasteiger partial charge in [-0.2, -0.15) is 0 Å². The molecule has 2 rings (SSSR count). The molecule has 3 heteroatoms. The molecule has 0 aliphatic carbocycles. The van der Waals surface area contributed by atoms with Gasteiger partial charge in [0.15, 0.2) is 0 Å². The standard InChI is InChI=1S/C14H16N2O/c1-3-10(2)16-14(17)13-9-15-8-11-6-4-5-7-12(11)13/h1,4-7,10,13,15H,8-9H2,2H3,(H,16,17). The molecule has 0 spiro atoms. The number of amides is 1. The zero-order valence-electron chi connectivity index (χ0n) is 9.86. The van der Waals surface area contributed by atoms with Crippen LogP contribution < -0.4 is 10.6 Å². The topological polar surface area (TPSA) is 41.1 Å². The van der Waals surface area contributed by atoms with Gasteiger partial charge in [0, 0.05) is 13.1 Å². The number of hydrogen-bond acceptors (Lipinski definition) is 2. The highest BCUT2D eigenvalue weighted by atomic mass is 16.1. The Morgan fingerprint density at radius 2 is 2.35 bits per heavy atom. The molecule has 0 saturated heterocycles. The molecule has 1 aliphatic rings. The van der Waals surface area contributed by atoms with Crippen LogP contribution in [0.15, 0.2) is 24.3 Å². The lowest BCUT2D eigenvalue weighted by Crippen LogP contribution is -2.41. The first-order valence-corrected chi connectivity index (χ1v) is 5.77. The van der Waals surface area contributed by atoms with Crippen LogP contribution in [0.4, 0.5) is 0 Å². The van der Waals surface area contributed by atoms with Crippen LogP contribution >= 0.6 is 0 Å². The molecule has 88 valence electrons. The van der Waals surface area contributed by atoms with Gasteiger partial charge in [-0.1, -0.05) is 30.2 Å². The molecule has 1 amide bonds. The van der Waals surface area contributed by atoms with Crippen molar-refractivity contribution >= 4 is 5.91 Å². The normalized spacial score (nSPS) is 19.9. The van der Waals surface area contributed by atoms with Crippen LogP contribution in [0.5, 0.6) is 0 Å². The van der Waals surface area contributed by atoms with E-state index in [1.165, 1.54) is 5.56 Å². The number of carbonyl (C=O) groups is 1. The Kier molecular flexibility index (Phi) is 3.46. The summed E-state index contributed by atoms with van der Waals surface area (Å²) in [6.07, 6.45) is 5.26. The van der Waals surface area contributed by atoms with Gasteiger partial charge in [-0.15, -0.1) is 6.42 Å². The number of hydrogen-bond donors (Lipinski definition) is 2. The smallest absolute Gasteiger partial charge is 0.229 e. The number of terminal acetylenes is 1. The average molecular weight is 228 g/mol. The van der Waals surface area contributed by atoms with Gasteiger partial charge >= 0.3 is 0 Å². The second-order valence-electron chi connectivity index (χ2n) is 4.28. The SMILES string of the molecule is C#CC(C)NC(=O)C1CNCc2ccccc21. The minimum atomic E-state index is -0.225. The summed E-state index contributed by atoms with van der Waals surface area (Å²) in [5, 5.41) is 6.08. The molecule has 0 radical (unpaired) electrons.